The summed E-state index contributed by atoms with van der Waals surface area (Å²) in [5.74, 6) is -0.371. The number of fused-ring (bicyclic) bond motifs is 1. The molecule has 0 aliphatic carbocycles. The number of nitrogens with zero attached hydrogens (tertiary/aromatic N) is 4. The van der Waals surface area contributed by atoms with Crippen molar-refractivity contribution in [2.45, 2.75) is 6.92 Å². The van der Waals surface area contributed by atoms with E-state index in [1.54, 1.807) is 48.0 Å². The van der Waals surface area contributed by atoms with Gasteiger partial charge >= 0.3 is 0 Å². The lowest BCUT2D eigenvalue weighted by Crippen LogP contribution is -2.18. The number of carbonyl (C=O) groups is 1. The highest BCUT2D eigenvalue weighted by Crippen LogP contribution is 2.26. The summed E-state index contributed by atoms with van der Waals surface area (Å²) in [6, 6.07) is 14.2. The number of amides is 1. The Bertz CT molecular complexity index is 1150. The van der Waals surface area contributed by atoms with Gasteiger partial charge in [0.05, 0.1) is 11.9 Å². The average molecular weight is 398 g/mol. The fourth-order valence-electron chi connectivity index (χ4n) is 2.75. The van der Waals surface area contributed by atoms with Crippen molar-refractivity contribution in [1.82, 2.24) is 19.8 Å². The number of hydrogen-bond donors (Lipinski definition) is 1. The van der Waals surface area contributed by atoms with Crippen LogP contribution in [-0.4, -0.2) is 25.7 Å². The van der Waals surface area contributed by atoms with Crippen LogP contribution in [0.25, 0.3) is 16.8 Å². The van der Waals surface area contributed by atoms with E-state index < -0.39 is 0 Å². The average Bonchev–Trinajstić information content (AvgIpc) is 3.09. The molecule has 6 nitrogen and oxygen atoms in total. The molecule has 4 rings (SSSR count). The van der Waals surface area contributed by atoms with Crippen molar-refractivity contribution in [3.63, 3.8) is 0 Å². The molecule has 2 aromatic heterocycles. The Morgan fingerprint density at radius 2 is 1.81 bits per heavy atom. The Morgan fingerprint density at radius 1 is 1.04 bits per heavy atom. The summed E-state index contributed by atoms with van der Waals surface area (Å²) in [5.41, 5.74) is 3.61. The van der Waals surface area contributed by atoms with Gasteiger partial charge in [0.1, 0.15) is 0 Å². The largest absolute Gasteiger partial charge is 0.321 e. The molecule has 0 atom stereocenters. The van der Waals surface area contributed by atoms with Gasteiger partial charge in [0, 0.05) is 21.3 Å². The Balaban J connectivity index is 1.70. The minimum atomic E-state index is -0.371. The molecule has 1 amide bonds. The van der Waals surface area contributed by atoms with Crippen molar-refractivity contribution in [1.29, 1.82) is 0 Å². The van der Waals surface area contributed by atoms with Gasteiger partial charge in [-0.15, -0.1) is 10.2 Å². The Hall–Kier alpha value is -2.96. The molecule has 2 aromatic carbocycles. The maximum absolute atomic E-state index is 12.6. The molecule has 0 spiro atoms. The number of aryl methyl sites for hydroxylation is 1. The molecule has 2 heterocycles. The molecule has 134 valence electrons. The lowest BCUT2D eigenvalue weighted by molar-refractivity contribution is 0.102. The summed E-state index contributed by atoms with van der Waals surface area (Å²) in [4.78, 5) is 12.6. The van der Waals surface area contributed by atoms with Crippen molar-refractivity contribution in [2.75, 3.05) is 5.32 Å². The number of aromatic nitrogens is 4. The zero-order chi connectivity index (χ0) is 19.0. The van der Waals surface area contributed by atoms with E-state index in [0.717, 1.165) is 11.1 Å². The predicted octanol–water partition coefficient (Wildman–Crippen LogP) is 4.66. The van der Waals surface area contributed by atoms with Gasteiger partial charge in [-0.05, 0) is 48.9 Å². The smallest absolute Gasteiger partial charge is 0.278 e. The number of benzene rings is 2. The van der Waals surface area contributed by atoms with Crippen LogP contribution in [0.4, 0.5) is 5.69 Å². The van der Waals surface area contributed by atoms with E-state index in [9.17, 15) is 4.79 Å². The first kappa shape index (κ1) is 17.5. The third kappa shape index (κ3) is 3.37. The monoisotopic (exact) mass is 397 g/mol. The van der Waals surface area contributed by atoms with E-state index >= 15 is 0 Å². The molecule has 0 aliphatic rings. The molecule has 0 saturated heterocycles. The molecule has 0 fully saturated rings. The van der Waals surface area contributed by atoms with Crippen molar-refractivity contribution >= 4 is 40.4 Å². The van der Waals surface area contributed by atoms with Gasteiger partial charge in [-0.25, -0.2) is 4.52 Å². The third-order valence-corrected chi connectivity index (χ3v) is 4.59. The maximum atomic E-state index is 12.6. The van der Waals surface area contributed by atoms with Crippen LogP contribution < -0.4 is 5.32 Å². The number of halogens is 2. The number of anilines is 1. The number of nitrogens with one attached hydrogen (secondary N) is 1. The minimum absolute atomic E-state index is 0.193. The molecule has 0 unspecified atom stereocenters. The Labute approximate surface area is 164 Å². The van der Waals surface area contributed by atoms with Gasteiger partial charge in [-0.2, -0.15) is 5.10 Å². The lowest BCUT2D eigenvalue weighted by atomic mass is 10.1. The Morgan fingerprint density at radius 3 is 2.56 bits per heavy atom. The summed E-state index contributed by atoms with van der Waals surface area (Å²) in [5, 5.41) is 16.7. The van der Waals surface area contributed by atoms with Crippen molar-refractivity contribution in [3.8, 4) is 11.1 Å². The van der Waals surface area contributed by atoms with E-state index in [1.165, 1.54) is 0 Å². The van der Waals surface area contributed by atoms with E-state index in [-0.39, 0.29) is 11.6 Å². The summed E-state index contributed by atoms with van der Waals surface area (Å²) < 4.78 is 1.60. The zero-order valence-electron chi connectivity index (χ0n) is 14.1. The minimum Gasteiger partial charge on any atom is -0.321 e. The molecule has 4 aromatic rings. The van der Waals surface area contributed by atoms with Crippen molar-refractivity contribution in [3.05, 3.63) is 76.2 Å². The van der Waals surface area contributed by atoms with E-state index in [0.29, 0.717) is 27.1 Å². The molecule has 0 bridgehead atoms. The maximum Gasteiger partial charge on any atom is 0.278 e. The molecular formula is C19H13Cl2N5O. The summed E-state index contributed by atoms with van der Waals surface area (Å²) >= 11 is 11.9. The molecular weight excluding hydrogens is 385 g/mol. The van der Waals surface area contributed by atoms with Crippen LogP contribution in [0.2, 0.25) is 10.0 Å². The second-order valence-corrected chi connectivity index (χ2v) is 6.77. The van der Waals surface area contributed by atoms with Crippen LogP contribution >= 0.6 is 23.2 Å². The van der Waals surface area contributed by atoms with Crippen LogP contribution in [0, 0.1) is 6.92 Å². The van der Waals surface area contributed by atoms with Gasteiger partial charge in [0.25, 0.3) is 5.91 Å². The fourth-order valence-corrected chi connectivity index (χ4v) is 3.06. The van der Waals surface area contributed by atoms with Crippen LogP contribution in [0.3, 0.4) is 0 Å². The standard InChI is InChI=1S/C19H13Cl2N5O/c1-11-17(19(27)23-15-7-5-13(20)6-8-15)24-25-18-16(10-22-26(11)18)12-3-2-4-14(21)9-12/h2-10H,1H3,(H,23,27). The first-order chi connectivity index (χ1) is 13.0. The van der Waals surface area contributed by atoms with Crippen LogP contribution in [0.1, 0.15) is 16.2 Å². The second kappa shape index (κ2) is 6.98. The van der Waals surface area contributed by atoms with Crippen molar-refractivity contribution in [2.24, 2.45) is 0 Å². The van der Waals surface area contributed by atoms with Crippen LogP contribution in [0.5, 0.6) is 0 Å². The van der Waals surface area contributed by atoms with Crippen molar-refractivity contribution < 1.29 is 4.79 Å². The van der Waals surface area contributed by atoms with Crippen LogP contribution in [0.15, 0.2) is 54.7 Å². The first-order valence-electron chi connectivity index (χ1n) is 8.07. The zero-order valence-corrected chi connectivity index (χ0v) is 15.7. The van der Waals surface area contributed by atoms with Crippen LogP contribution in [-0.2, 0) is 0 Å². The molecule has 8 heteroatoms. The van der Waals surface area contributed by atoms with Gasteiger partial charge in [0.2, 0.25) is 0 Å². The summed E-state index contributed by atoms with van der Waals surface area (Å²) in [6.45, 7) is 1.77. The molecule has 0 radical (unpaired) electrons. The van der Waals surface area contributed by atoms with Gasteiger partial charge < -0.3 is 5.32 Å². The highest BCUT2D eigenvalue weighted by Gasteiger charge is 2.18. The topological polar surface area (TPSA) is 72.2 Å². The molecule has 1 N–H and O–H groups in total. The number of rotatable bonds is 3. The quantitative estimate of drug-likeness (QED) is 0.545. The van der Waals surface area contributed by atoms with Gasteiger partial charge in [-0.3, -0.25) is 4.79 Å². The number of carbonyl (C=O) groups excluding carboxylic acids is 1. The number of hydrogen-bond acceptors (Lipinski definition) is 4. The molecule has 0 aliphatic heterocycles. The molecule has 27 heavy (non-hydrogen) atoms. The summed E-state index contributed by atoms with van der Waals surface area (Å²) in [6.07, 6.45) is 1.68. The first-order valence-corrected chi connectivity index (χ1v) is 8.82. The SMILES string of the molecule is Cc1c(C(=O)Nc2ccc(Cl)cc2)nnc2c(-c3cccc(Cl)c3)cnn12. The van der Waals surface area contributed by atoms with Gasteiger partial charge in [-0.1, -0.05) is 35.3 Å². The highest BCUT2D eigenvalue weighted by molar-refractivity contribution is 6.31. The van der Waals surface area contributed by atoms with E-state index in [2.05, 4.69) is 20.6 Å². The van der Waals surface area contributed by atoms with Gasteiger partial charge in [0.15, 0.2) is 11.3 Å². The fraction of sp³-hybridized carbons (Fsp3) is 0.0526. The predicted molar refractivity (Wildman–Crippen MR) is 105 cm³/mol. The molecule has 0 saturated carbocycles. The Kier molecular flexibility index (Phi) is 4.51. The highest BCUT2D eigenvalue weighted by atomic mass is 35.5. The normalized spacial score (nSPS) is 10.9. The second-order valence-electron chi connectivity index (χ2n) is 5.90. The van der Waals surface area contributed by atoms with E-state index in [4.69, 9.17) is 23.2 Å². The van der Waals surface area contributed by atoms with E-state index in [1.807, 2.05) is 18.2 Å². The third-order valence-electron chi connectivity index (χ3n) is 4.10. The lowest BCUT2D eigenvalue weighted by Gasteiger charge is -2.08. The summed E-state index contributed by atoms with van der Waals surface area (Å²) in [7, 11) is 0.